The SMILES string of the molecule is C[C@@H](C(=O)Nc1ccc(Cl)cc1Cl)N1CCN(c2ccccn2)CC1. The van der Waals surface area contributed by atoms with Gasteiger partial charge in [-0.15, -0.1) is 0 Å². The van der Waals surface area contributed by atoms with Gasteiger partial charge in [0, 0.05) is 37.4 Å². The number of benzene rings is 1. The first-order valence-electron chi connectivity index (χ1n) is 8.20. The third-order valence-electron chi connectivity index (χ3n) is 4.40. The summed E-state index contributed by atoms with van der Waals surface area (Å²) in [6, 6.07) is 10.7. The third kappa shape index (κ3) is 4.42. The highest BCUT2D eigenvalue weighted by Gasteiger charge is 2.26. The summed E-state index contributed by atoms with van der Waals surface area (Å²) in [6.45, 7) is 5.21. The van der Waals surface area contributed by atoms with E-state index < -0.39 is 0 Å². The van der Waals surface area contributed by atoms with Crippen molar-refractivity contribution in [2.45, 2.75) is 13.0 Å². The first kappa shape index (κ1) is 18.0. The second kappa shape index (κ2) is 8.04. The highest BCUT2D eigenvalue weighted by Crippen LogP contribution is 2.25. The molecular weight excluding hydrogens is 359 g/mol. The molecule has 0 saturated carbocycles. The van der Waals surface area contributed by atoms with Crippen molar-refractivity contribution >= 4 is 40.6 Å². The summed E-state index contributed by atoms with van der Waals surface area (Å²) in [5, 5.41) is 3.86. The number of rotatable bonds is 4. The highest BCUT2D eigenvalue weighted by atomic mass is 35.5. The van der Waals surface area contributed by atoms with Crippen LogP contribution < -0.4 is 10.2 Å². The Labute approximate surface area is 157 Å². The molecule has 1 aliphatic rings. The van der Waals surface area contributed by atoms with E-state index in [1.807, 2.05) is 25.1 Å². The van der Waals surface area contributed by atoms with Gasteiger partial charge in [-0.25, -0.2) is 4.98 Å². The van der Waals surface area contributed by atoms with Crippen molar-refractivity contribution in [3.63, 3.8) is 0 Å². The molecule has 0 aliphatic carbocycles. The Morgan fingerprint density at radius 2 is 1.92 bits per heavy atom. The molecule has 1 saturated heterocycles. The van der Waals surface area contributed by atoms with Crippen LogP contribution in [0.15, 0.2) is 42.6 Å². The van der Waals surface area contributed by atoms with Gasteiger partial charge in [-0.2, -0.15) is 0 Å². The van der Waals surface area contributed by atoms with Gasteiger partial charge < -0.3 is 10.2 Å². The quantitative estimate of drug-likeness (QED) is 0.883. The number of hydrogen-bond donors (Lipinski definition) is 1. The molecule has 1 fully saturated rings. The van der Waals surface area contributed by atoms with Crippen molar-refractivity contribution in [2.75, 3.05) is 36.4 Å². The summed E-state index contributed by atoms with van der Waals surface area (Å²) in [4.78, 5) is 21.3. The predicted molar refractivity (Wildman–Crippen MR) is 103 cm³/mol. The number of nitrogens with zero attached hydrogens (tertiary/aromatic N) is 3. The van der Waals surface area contributed by atoms with Gasteiger partial charge in [-0.1, -0.05) is 29.3 Å². The number of carbonyl (C=O) groups is 1. The maximum Gasteiger partial charge on any atom is 0.241 e. The van der Waals surface area contributed by atoms with E-state index in [9.17, 15) is 4.79 Å². The monoisotopic (exact) mass is 378 g/mol. The smallest absolute Gasteiger partial charge is 0.241 e. The van der Waals surface area contributed by atoms with Gasteiger partial charge >= 0.3 is 0 Å². The summed E-state index contributed by atoms with van der Waals surface area (Å²) >= 11 is 12.0. The lowest BCUT2D eigenvalue weighted by Crippen LogP contribution is -2.53. The van der Waals surface area contributed by atoms with Gasteiger partial charge in [0.15, 0.2) is 0 Å². The Morgan fingerprint density at radius 3 is 2.56 bits per heavy atom. The topological polar surface area (TPSA) is 48.5 Å². The van der Waals surface area contributed by atoms with Gasteiger partial charge in [-0.3, -0.25) is 9.69 Å². The second-order valence-corrected chi connectivity index (χ2v) is 6.84. The fraction of sp³-hybridized carbons (Fsp3) is 0.333. The number of halogens is 2. The minimum Gasteiger partial charge on any atom is -0.354 e. The van der Waals surface area contributed by atoms with Crippen LogP contribution in [0.1, 0.15) is 6.92 Å². The van der Waals surface area contributed by atoms with Crippen molar-refractivity contribution in [1.29, 1.82) is 0 Å². The summed E-state index contributed by atoms with van der Waals surface area (Å²) in [6.07, 6.45) is 1.80. The van der Waals surface area contributed by atoms with Crippen LogP contribution in [0.3, 0.4) is 0 Å². The van der Waals surface area contributed by atoms with Gasteiger partial charge in [0.1, 0.15) is 5.82 Å². The fourth-order valence-corrected chi connectivity index (χ4v) is 3.33. The molecule has 1 aromatic carbocycles. The number of aromatic nitrogens is 1. The van der Waals surface area contributed by atoms with Gasteiger partial charge in [-0.05, 0) is 37.3 Å². The van der Waals surface area contributed by atoms with Gasteiger partial charge in [0.2, 0.25) is 5.91 Å². The first-order chi connectivity index (χ1) is 12.0. The molecule has 1 N–H and O–H groups in total. The van der Waals surface area contributed by atoms with E-state index in [0.717, 1.165) is 32.0 Å². The minimum absolute atomic E-state index is 0.0736. The van der Waals surface area contributed by atoms with Crippen LogP contribution in [0.2, 0.25) is 10.0 Å². The lowest BCUT2D eigenvalue weighted by atomic mass is 10.2. The van der Waals surface area contributed by atoms with Crippen LogP contribution in [0.4, 0.5) is 11.5 Å². The van der Waals surface area contributed by atoms with Gasteiger partial charge in [0.25, 0.3) is 0 Å². The van der Waals surface area contributed by atoms with Crippen molar-refractivity contribution in [2.24, 2.45) is 0 Å². The van der Waals surface area contributed by atoms with Crippen molar-refractivity contribution < 1.29 is 4.79 Å². The van der Waals surface area contributed by atoms with Crippen molar-refractivity contribution in [1.82, 2.24) is 9.88 Å². The molecule has 2 aromatic rings. The van der Waals surface area contributed by atoms with Crippen LogP contribution in [0.5, 0.6) is 0 Å². The summed E-state index contributed by atoms with van der Waals surface area (Å²) < 4.78 is 0. The maximum absolute atomic E-state index is 12.5. The number of pyridine rings is 1. The summed E-state index contributed by atoms with van der Waals surface area (Å²) in [5.41, 5.74) is 0.579. The van der Waals surface area contributed by atoms with Gasteiger partial charge in [0.05, 0.1) is 16.8 Å². The van der Waals surface area contributed by atoms with E-state index in [0.29, 0.717) is 15.7 Å². The third-order valence-corrected chi connectivity index (χ3v) is 4.95. The maximum atomic E-state index is 12.5. The Morgan fingerprint density at radius 1 is 1.16 bits per heavy atom. The van der Waals surface area contributed by atoms with E-state index in [2.05, 4.69) is 20.1 Å². The molecule has 1 aromatic heterocycles. The largest absolute Gasteiger partial charge is 0.354 e. The number of amides is 1. The number of carbonyl (C=O) groups excluding carboxylic acids is 1. The zero-order chi connectivity index (χ0) is 17.8. The summed E-state index contributed by atoms with van der Waals surface area (Å²) in [5.74, 6) is 0.905. The lowest BCUT2D eigenvalue weighted by molar-refractivity contribution is -0.120. The van der Waals surface area contributed by atoms with E-state index in [4.69, 9.17) is 23.2 Å². The highest BCUT2D eigenvalue weighted by molar-refractivity contribution is 6.36. The van der Waals surface area contributed by atoms with E-state index in [-0.39, 0.29) is 11.9 Å². The molecule has 25 heavy (non-hydrogen) atoms. The fourth-order valence-electron chi connectivity index (χ4n) is 2.87. The lowest BCUT2D eigenvalue weighted by Gasteiger charge is -2.37. The average molecular weight is 379 g/mol. The average Bonchev–Trinajstić information content (AvgIpc) is 2.64. The van der Waals surface area contributed by atoms with Crippen LogP contribution in [-0.2, 0) is 4.79 Å². The molecule has 0 spiro atoms. The molecule has 1 aliphatic heterocycles. The zero-order valence-corrected chi connectivity index (χ0v) is 15.5. The zero-order valence-electron chi connectivity index (χ0n) is 14.0. The molecular formula is C18H20Cl2N4O. The van der Waals surface area contributed by atoms with Crippen LogP contribution in [0, 0.1) is 0 Å². The molecule has 0 bridgehead atoms. The molecule has 7 heteroatoms. The Kier molecular flexibility index (Phi) is 5.78. The van der Waals surface area contributed by atoms with Crippen LogP contribution >= 0.6 is 23.2 Å². The van der Waals surface area contributed by atoms with Crippen molar-refractivity contribution in [3.05, 3.63) is 52.6 Å². The number of nitrogens with one attached hydrogen (secondary N) is 1. The number of anilines is 2. The molecule has 0 radical (unpaired) electrons. The Balaban J connectivity index is 1.56. The molecule has 3 rings (SSSR count). The Hall–Kier alpha value is -1.82. The van der Waals surface area contributed by atoms with E-state index >= 15 is 0 Å². The minimum atomic E-state index is -0.238. The summed E-state index contributed by atoms with van der Waals surface area (Å²) in [7, 11) is 0. The normalized spacial score (nSPS) is 16.5. The molecule has 1 atom stereocenters. The van der Waals surface area contributed by atoms with E-state index in [1.54, 1.807) is 24.4 Å². The molecule has 1 amide bonds. The predicted octanol–water partition coefficient (Wildman–Crippen LogP) is 3.54. The standard InChI is InChI=1S/C18H20Cl2N4O/c1-13(18(25)22-16-6-5-14(19)12-15(16)20)23-8-10-24(11-9-23)17-4-2-3-7-21-17/h2-7,12-13H,8-11H2,1H3,(H,22,25)/t13-/m0/s1. The first-order valence-corrected chi connectivity index (χ1v) is 8.96. The molecule has 2 heterocycles. The van der Waals surface area contributed by atoms with Crippen molar-refractivity contribution in [3.8, 4) is 0 Å². The molecule has 132 valence electrons. The Bertz CT molecular complexity index is 733. The van der Waals surface area contributed by atoms with Crippen LogP contribution in [0.25, 0.3) is 0 Å². The number of piperazine rings is 1. The molecule has 0 unspecified atom stereocenters. The van der Waals surface area contributed by atoms with E-state index in [1.165, 1.54) is 0 Å². The second-order valence-electron chi connectivity index (χ2n) is 6.00. The number of hydrogen-bond acceptors (Lipinski definition) is 4. The molecule has 5 nitrogen and oxygen atoms in total. The van der Waals surface area contributed by atoms with Crippen LogP contribution in [-0.4, -0.2) is 48.0 Å².